The average molecular weight is 293 g/mol. The molecule has 112 valence electrons. The molecule has 4 atom stereocenters. The minimum Gasteiger partial charge on any atom is -0.325 e. The van der Waals surface area contributed by atoms with Gasteiger partial charge < -0.3 is 4.90 Å². The number of aromatic nitrogens is 1. The molecule has 22 heavy (non-hydrogen) atoms. The first-order valence-electron chi connectivity index (χ1n) is 8.13. The maximum Gasteiger partial charge on any atom is 0.220 e. The second-order valence-corrected chi connectivity index (χ2v) is 6.59. The van der Waals surface area contributed by atoms with Gasteiger partial charge in [-0.05, 0) is 18.1 Å². The van der Waals surface area contributed by atoms with Gasteiger partial charge in [-0.15, -0.1) is 6.58 Å². The molecule has 1 aromatic carbocycles. The van der Waals surface area contributed by atoms with Crippen LogP contribution in [0.2, 0.25) is 0 Å². The fraction of sp³-hybridized carbons (Fsp3) is 0.368. The molecule has 0 radical (unpaired) electrons. The standard InChI is InChI=1S/C19H20N2O/c1-2-13-12-21-10-8-14(13)11-18(21)19(22)16-7-9-20-17-6-4-3-5-15(16)17/h2-7,9,13-14,18H,1,8,10-12H2/p+1/t13-,14+,18-/m1/s1. The molecule has 3 aliphatic rings. The lowest BCUT2D eigenvalue weighted by atomic mass is 9.74. The van der Waals surface area contributed by atoms with E-state index in [1.807, 2.05) is 30.3 Å². The van der Waals surface area contributed by atoms with Crippen LogP contribution in [0, 0.1) is 11.8 Å². The van der Waals surface area contributed by atoms with Gasteiger partial charge in [0.1, 0.15) is 0 Å². The van der Waals surface area contributed by atoms with E-state index in [-0.39, 0.29) is 6.04 Å². The summed E-state index contributed by atoms with van der Waals surface area (Å²) >= 11 is 0. The normalized spacial score (nSPS) is 30.4. The monoisotopic (exact) mass is 293 g/mol. The number of fused-ring (bicyclic) bond motifs is 4. The third-order valence-corrected chi connectivity index (χ3v) is 5.50. The number of carbonyl (C=O) groups is 1. The highest BCUT2D eigenvalue weighted by molar-refractivity contribution is 6.09. The Morgan fingerprint density at radius 2 is 2.18 bits per heavy atom. The number of nitrogens with zero attached hydrogens (tertiary/aromatic N) is 1. The number of ketones is 1. The Hall–Kier alpha value is -2.00. The third kappa shape index (κ3) is 2.08. The largest absolute Gasteiger partial charge is 0.325 e. The minimum atomic E-state index is 0.112. The molecule has 0 spiro atoms. The van der Waals surface area contributed by atoms with Gasteiger partial charge in [-0.1, -0.05) is 24.3 Å². The fourth-order valence-corrected chi connectivity index (χ4v) is 4.30. The molecular formula is C19H21N2O+. The summed E-state index contributed by atoms with van der Waals surface area (Å²) in [6.07, 6.45) is 6.08. The molecule has 0 amide bonds. The number of Topliss-reactive ketones (excluding diaryl/α,β-unsaturated/α-hetero) is 1. The van der Waals surface area contributed by atoms with Crippen LogP contribution in [-0.4, -0.2) is 29.9 Å². The number of benzene rings is 1. The van der Waals surface area contributed by atoms with Gasteiger partial charge in [0.2, 0.25) is 5.78 Å². The van der Waals surface area contributed by atoms with E-state index < -0.39 is 0 Å². The smallest absolute Gasteiger partial charge is 0.220 e. The highest BCUT2D eigenvalue weighted by Gasteiger charge is 2.45. The van der Waals surface area contributed by atoms with E-state index in [0.29, 0.717) is 17.6 Å². The van der Waals surface area contributed by atoms with E-state index in [4.69, 9.17) is 0 Å². The number of pyridine rings is 1. The zero-order valence-electron chi connectivity index (χ0n) is 12.7. The van der Waals surface area contributed by atoms with Gasteiger partial charge in [0.15, 0.2) is 6.04 Å². The van der Waals surface area contributed by atoms with Crippen molar-refractivity contribution in [2.45, 2.75) is 18.9 Å². The molecule has 5 rings (SSSR count). The van der Waals surface area contributed by atoms with Crippen LogP contribution in [0.25, 0.3) is 10.9 Å². The summed E-state index contributed by atoms with van der Waals surface area (Å²) in [4.78, 5) is 18.9. The van der Waals surface area contributed by atoms with Crippen LogP contribution in [0.5, 0.6) is 0 Å². The van der Waals surface area contributed by atoms with E-state index in [0.717, 1.165) is 36.0 Å². The highest BCUT2D eigenvalue weighted by Crippen LogP contribution is 2.29. The van der Waals surface area contributed by atoms with Gasteiger partial charge in [-0.25, -0.2) is 0 Å². The van der Waals surface area contributed by atoms with E-state index in [1.54, 1.807) is 6.20 Å². The molecule has 3 nitrogen and oxygen atoms in total. The molecule has 1 aromatic heterocycles. The summed E-state index contributed by atoms with van der Waals surface area (Å²) in [6.45, 7) is 6.15. The summed E-state index contributed by atoms with van der Waals surface area (Å²) in [5.41, 5.74) is 1.74. The molecule has 3 fully saturated rings. The maximum absolute atomic E-state index is 13.1. The molecule has 3 heteroatoms. The average Bonchev–Trinajstić information content (AvgIpc) is 2.60. The quantitative estimate of drug-likeness (QED) is 0.693. The lowest BCUT2D eigenvalue weighted by Gasteiger charge is -2.45. The van der Waals surface area contributed by atoms with E-state index >= 15 is 0 Å². The molecule has 4 heterocycles. The molecule has 0 aliphatic carbocycles. The summed E-state index contributed by atoms with van der Waals surface area (Å²) in [5.74, 6) is 1.51. The number of piperidine rings is 3. The highest BCUT2D eigenvalue weighted by atomic mass is 16.1. The Bertz CT molecular complexity index is 734. The summed E-state index contributed by atoms with van der Waals surface area (Å²) in [7, 11) is 0. The van der Waals surface area contributed by atoms with Gasteiger partial charge >= 0.3 is 0 Å². The molecule has 0 saturated carbocycles. The first-order valence-corrected chi connectivity index (χ1v) is 8.13. The fourth-order valence-electron chi connectivity index (χ4n) is 4.30. The second-order valence-electron chi connectivity index (χ2n) is 6.59. The first-order chi connectivity index (χ1) is 10.8. The van der Waals surface area contributed by atoms with Crippen molar-refractivity contribution in [1.29, 1.82) is 0 Å². The Labute approximate surface area is 130 Å². The number of para-hydroxylation sites is 1. The number of nitrogens with one attached hydrogen (secondary N) is 1. The van der Waals surface area contributed by atoms with Gasteiger partial charge in [0.05, 0.1) is 18.6 Å². The van der Waals surface area contributed by atoms with E-state index in [1.165, 1.54) is 11.3 Å². The van der Waals surface area contributed by atoms with Crippen molar-refractivity contribution in [2.75, 3.05) is 13.1 Å². The van der Waals surface area contributed by atoms with Crippen molar-refractivity contribution in [1.82, 2.24) is 4.98 Å². The van der Waals surface area contributed by atoms with Gasteiger partial charge in [-0.3, -0.25) is 9.78 Å². The summed E-state index contributed by atoms with van der Waals surface area (Å²) in [6, 6.07) is 9.93. The van der Waals surface area contributed by atoms with Crippen LogP contribution >= 0.6 is 0 Å². The van der Waals surface area contributed by atoms with Crippen molar-refractivity contribution in [2.24, 2.45) is 11.8 Å². The van der Waals surface area contributed by atoms with Crippen molar-refractivity contribution < 1.29 is 9.69 Å². The predicted octanol–water partition coefficient (Wildman–Crippen LogP) is 1.90. The SMILES string of the molecule is C=C[C@@H]1C[NH+]2CC[C@H]1C[C@@H]2C(=O)c1ccnc2ccccc12. The van der Waals surface area contributed by atoms with Crippen molar-refractivity contribution >= 4 is 16.7 Å². The maximum atomic E-state index is 13.1. The number of hydrogen-bond donors (Lipinski definition) is 1. The van der Waals surface area contributed by atoms with E-state index in [9.17, 15) is 4.79 Å². The molecule has 1 unspecified atom stereocenters. The number of carbonyl (C=O) groups excluding carboxylic acids is 1. The van der Waals surface area contributed by atoms with Crippen molar-refractivity contribution in [3.8, 4) is 0 Å². The van der Waals surface area contributed by atoms with Crippen LogP contribution in [0.15, 0.2) is 49.2 Å². The van der Waals surface area contributed by atoms with Gasteiger partial charge in [0.25, 0.3) is 0 Å². The second kappa shape index (κ2) is 5.33. The Morgan fingerprint density at radius 1 is 1.32 bits per heavy atom. The number of hydrogen-bond acceptors (Lipinski definition) is 2. The molecule has 2 bridgehead atoms. The Kier molecular flexibility index (Phi) is 3.30. The predicted molar refractivity (Wildman–Crippen MR) is 87.0 cm³/mol. The topological polar surface area (TPSA) is 34.4 Å². The third-order valence-electron chi connectivity index (χ3n) is 5.50. The van der Waals surface area contributed by atoms with Crippen LogP contribution in [-0.2, 0) is 0 Å². The number of rotatable bonds is 3. The molecule has 1 N–H and O–H groups in total. The zero-order chi connectivity index (χ0) is 15.1. The van der Waals surface area contributed by atoms with Crippen LogP contribution in [0.4, 0.5) is 0 Å². The lowest BCUT2D eigenvalue weighted by Crippen LogP contribution is -3.20. The van der Waals surface area contributed by atoms with Crippen LogP contribution < -0.4 is 4.90 Å². The summed E-state index contributed by atoms with van der Waals surface area (Å²) in [5, 5.41) is 0.984. The van der Waals surface area contributed by atoms with Crippen molar-refractivity contribution in [3.63, 3.8) is 0 Å². The molecule has 2 aromatic rings. The zero-order valence-corrected chi connectivity index (χ0v) is 12.7. The van der Waals surface area contributed by atoms with Crippen molar-refractivity contribution in [3.05, 3.63) is 54.7 Å². The lowest BCUT2D eigenvalue weighted by molar-refractivity contribution is -0.935. The van der Waals surface area contributed by atoms with E-state index in [2.05, 4.69) is 17.6 Å². The summed E-state index contributed by atoms with van der Waals surface area (Å²) < 4.78 is 0. The van der Waals surface area contributed by atoms with Crippen LogP contribution in [0.1, 0.15) is 23.2 Å². The number of quaternary nitrogens is 1. The first kappa shape index (κ1) is 13.6. The minimum absolute atomic E-state index is 0.112. The Morgan fingerprint density at radius 3 is 2.95 bits per heavy atom. The van der Waals surface area contributed by atoms with Gasteiger partial charge in [0, 0.05) is 35.9 Å². The Balaban J connectivity index is 1.69. The van der Waals surface area contributed by atoms with Gasteiger partial charge in [-0.2, -0.15) is 0 Å². The van der Waals surface area contributed by atoms with Crippen LogP contribution in [0.3, 0.4) is 0 Å². The molecule has 3 saturated heterocycles. The molecular weight excluding hydrogens is 272 g/mol. The molecule has 3 aliphatic heterocycles.